The van der Waals surface area contributed by atoms with Crippen molar-refractivity contribution in [2.75, 3.05) is 0 Å². The first-order valence-electron chi connectivity index (χ1n) is 9.00. The molecule has 0 aliphatic carbocycles. The quantitative estimate of drug-likeness (QED) is 0.455. The lowest BCUT2D eigenvalue weighted by molar-refractivity contribution is 1.74. The van der Waals surface area contributed by atoms with Crippen LogP contribution in [0.3, 0.4) is 0 Å². The number of hydrogen-bond donors (Lipinski definition) is 0. The second kappa shape index (κ2) is 6.35. The first-order valence-corrected chi connectivity index (χ1v) is 36.0. The van der Waals surface area contributed by atoms with Gasteiger partial charge in [0, 0.05) is 22.8 Å². The Hall–Kier alpha value is 1.52. The highest BCUT2D eigenvalue weighted by Crippen LogP contribution is 2.43. The lowest BCUT2D eigenvalue weighted by Crippen LogP contribution is -2.96. The van der Waals surface area contributed by atoms with Gasteiger partial charge < -0.3 is 0 Å². The Morgan fingerprint density at radius 2 is 0.545 bits per heavy atom. The van der Waals surface area contributed by atoms with Gasteiger partial charge in [0.05, 0.1) is 0 Å². The number of rotatable bonds is 6. The highest BCUT2D eigenvalue weighted by molar-refractivity contribution is 8.15. The van der Waals surface area contributed by atoms with Crippen LogP contribution in [0.25, 0.3) is 0 Å². The zero-order valence-corrected chi connectivity index (χ0v) is 25.5. The summed E-state index contributed by atoms with van der Waals surface area (Å²) < 4.78 is 0. The zero-order valence-electron chi connectivity index (χ0n) is 18.5. The molecule has 0 heterocycles. The molecule has 0 aromatic heterocycles. The molecule has 0 aliphatic heterocycles. The highest BCUT2D eigenvalue weighted by atomic mass is 30.3. The molecule has 22 heavy (non-hydrogen) atoms. The summed E-state index contributed by atoms with van der Waals surface area (Å²) in [5.41, 5.74) is 0. The highest BCUT2D eigenvalue weighted by Gasteiger charge is 2.60. The standard InChI is InChI=1S/C15H45Si7/c1-17(2,3)16(18(4,5)6)22(19(7,8)9,20(10,11)12)21(13,14)15/h1-15H3/q-1. The Morgan fingerprint density at radius 3 is 0.591 bits per heavy atom. The van der Waals surface area contributed by atoms with E-state index in [1.54, 1.807) is 0 Å². The molecule has 0 amide bonds. The molecule has 0 bridgehead atoms. The minimum Gasteiger partial charge on any atom is -0.258 e. The summed E-state index contributed by atoms with van der Waals surface area (Å²) in [4.78, 5) is 0. The van der Waals surface area contributed by atoms with E-state index in [-0.39, 0.29) is 7.35 Å². The van der Waals surface area contributed by atoms with Gasteiger partial charge in [0.25, 0.3) is 0 Å². The molecular formula is C15H45Si7-. The Balaban J connectivity index is 7.05. The van der Waals surface area contributed by atoms with Crippen LogP contribution >= 0.6 is 0 Å². The summed E-state index contributed by atoms with van der Waals surface area (Å²) in [6, 6.07) is 0. The molecule has 0 spiro atoms. The van der Waals surface area contributed by atoms with Crippen LogP contribution in [0.2, 0.25) is 98.2 Å². The summed E-state index contributed by atoms with van der Waals surface area (Å²) >= 11 is 0. The molecule has 0 N–H and O–H groups in total. The lowest BCUT2D eigenvalue weighted by Gasteiger charge is -2.76. The molecule has 0 aromatic rings. The Bertz CT molecular complexity index is 333. The summed E-state index contributed by atoms with van der Waals surface area (Å²) in [7, 11) is -5.60. The van der Waals surface area contributed by atoms with Crippen molar-refractivity contribution in [1.82, 2.24) is 0 Å². The summed E-state index contributed by atoms with van der Waals surface area (Å²) in [6.07, 6.45) is -1.16. The van der Waals surface area contributed by atoms with E-state index in [4.69, 9.17) is 0 Å². The third-order valence-corrected chi connectivity index (χ3v) is 162. The van der Waals surface area contributed by atoms with Gasteiger partial charge >= 0.3 is 0 Å². The second-order valence-electron chi connectivity index (χ2n) is 12.4. The van der Waals surface area contributed by atoms with Crippen molar-refractivity contribution in [3.8, 4) is 0 Å². The maximum atomic E-state index is 2.81. The van der Waals surface area contributed by atoms with Gasteiger partial charge in [0.2, 0.25) is 0 Å². The van der Waals surface area contributed by atoms with Gasteiger partial charge in [-0.2, -0.15) is 0 Å². The first-order chi connectivity index (χ1) is 9.12. The SMILES string of the molecule is C[Si](C)(C)[Si-]([Si](C)(C)C)[Si]([Si](C)(C)C)([Si](C)(C)C)[Si](C)(C)C. The fraction of sp³-hybridized carbons (Fsp3) is 1.00. The molecule has 0 atom stereocenters. The normalized spacial score (nSPS) is 16.4. The van der Waals surface area contributed by atoms with E-state index in [0.717, 1.165) is 0 Å². The van der Waals surface area contributed by atoms with Crippen molar-refractivity contribution in [2.45, 2.75) is 98.2 Å². The van der Waals surface area contributed by atoms with Crippen LogP contribution in [-0.4, -0.2) is 51.5 Å². The summed E-state index contributed by atoms with van der Waals surface area (Å²) in [5, 5.41) is 0. The van der Waals surface area contributed by atoms with Crippen LogP contribution < -0.4 is 0 Å². The van der Waals surface area contributed by atoms with Gasteiger partial charge in [-0.25, -0.2) is 0 Å². The molecule has 0 aliphatic rings. The largest absolute Gasteiger partial charge is 0.258 e. The van der Waals surface area contributed by atoms with Gasteiger partial charge in [-0.05, 0) is 0 Å². The van der Waals surface area contributed by atoms with Gasteiger partial charge in [0.15, 0.2) is 0 Å². The molecule has 0 aromatic carbocycles. The minimum absolute atomic E-state index is 0.144. The third kappa shape index (κ3) is 4.19. The monoisotopic (exact) mass is 421 g/mol. The van der Waals surface area contributed by atoms with Gasteiger partial charge in [-0.1, -0.05) is 98.2 Å². The van der Waals surface area contributed by atoms with E-state index >= 15 is 0 Å². The average molecular weight is 422 g/mol. The van der Waals surface area contributed by atoms with E-state index in [2.05, 4.69) is 98.2 Å². The summed E-state index contributed by atoms with van der Waals surface area (Å²) in [6.45, 7) is 41.8. The molecule has 0 unspecified atom stereocenters. The average Bonchev–Trinajstić information content (AvgIpc) is 2.02. The van der Waals surface area contributed by atoms with E-state index in [1.165, 1.54) is 0 Å². The smallest absolute Gasteiger partial charge is 0.000758 e. The van der Waals surface area contributed by atoms with Crippen molar-refractivity contribution < 1.29 is 0 Å². The van der Waals surface area contributed by atoms with E-state index in [9.17, 15) is 0 Å². The Labute approximate surface area is 149 Å². The van der Waals surface area contributed by atoms with E-state index in [1.807, 2.05) is 0 Å². The Morgan fingerprint density at radius 1 is 0.364 bits per heavy atom. The maximum absolute atomic E-state index is 2.81. The molecule has 0 radical (unpaired) electrons. The molecule has 0 rings (SSSR count). The van der Waals surface area contributed by atoms with Gasteiger partial charge in [-0.15, -0.1) is 21.3 Å². The van der Waals surface area contributed by atoms with Crippen LogP contribution in [0, 0.1) is 0 Å². The number of hydrogen-bond acceptors (Lipinski definition) is 0. The maximum Gasteiger partial charge on any atom is 0.000758 e. The molecular weight excluding hydrogens is 377 g/mol. The zero-order chi connectivity index (χ0) is 18.6. The predicted octanol–water partition coefficient (Wildman–Crippen LogP) is 6.09. The van der Waals surface area contributed by atoms with Crippen LogP contribution in [-0.2, 0) is 0 Å². The fourth-order valence-electron chi connectivity index (χ4n) is 6.75. The van der Waals surface area contributed by atoms with Gasteiger partial charge in [0.1, 0.15) is 0 Å². The van der Waals surface area contributed by atoms with E-state index in [0.29, 0.717) is 0 Å². The van der Waals surface area contributed by atoms with Crippen molar-refractivity contribution >= 4 is 51.5 Å². The van der Waals surface area contributed by atoms with Crippen molar-refractivity contribution in [3.05, 3.63) is 0 Å². The molecule has 134 valence electrons. The van der Waals surface area contributed by atoms with Crippen LogP contribution in [0.4, 0.5) is 0 Å². The van der Waals surface area contributed by atoms with Crippen molar-refractivity contribution in [3.63, 3.8) is 0 Å². The van der Waals surface area contributed by atoms with Gasteiger partial charge in [-0.3, -0.25) is 7.35 Å². The van der Waals surface area contributed by atoms with Crippen LogP contribution in [0.5, 0.6) is 0 Å². The topological polar surface area (TPSA) is 0 Å². The molecule has 0 nitrogen and oxygen atoms in total. The van der Waals surface area contributed by atoms with Crippen molar-refractivity contribution in [1.29, 1.82) is 0 Å². The summed E-state index contributed by atoms with van der Waals surface area (Å²) in [5.74, 6) is 0. The Kier molecular flexibility index (Phi) is 6.79. The molecule has 0 fully saturated rings. The first kappa shape index (κ1) is 23.5. The molecule has 7 heteroatoms. The van der Waals surface area contributed by atoms with E-state index < -0.39 is 44.1 Å². The molecule has 0 saturated heterocycles. The second-order valence-corrected chi connectivity index (χ2v) is 86.6. The third-order valence-electron chi connectivity index (χ3n) is 5.25. The van der Waals surface area contributed by atoms with Crippen molar-refractivity contribution in [2.24, 2.45) is 0 Å². The fourth-order valence-corrected chi connectivity index (χ4v) is 304. The lowest BCUT2D eigenvalue weighted by atomic mass is 11.8. The van der Waals surface area contributed by atoms with Crippen LogP contribution in [0.1, 0.15) is 0 Å². The molecule has 0 saturated carbocycles. The van der Waals surface area contributed by atoms with Crippen LogP contribution in [0.15, 0.2) is 0 Å². The predicted molar refractivity (Wildman–Crippen MR) is 128 cm³/mol. The minimum atomic E-state index is -1.16.